The highest BCUT2D eigenvalue weighted by Gasteiger charge is 2.40. The zero-order valence-corrected chi connectivity index (χ0v) is 67.5. The molecule has 0 aliphatic carbocycles. The van der Waals surface area contributed by atoms with Gasteiger partial charge in [0.1, 0.15) is 23.4 Å². The van der Waals surface area contributed by atoms with Crippen LogP contribution in [0.15, 0.2) is 182 Å². The third-order valence-corrected chi connectivity index (χ3v) is 20.0. The molecule has 0 fully saturated rings. The summed E-state index contributed by atoms with van der Waals surface area (Å²) in [5.74, 6) is -0.165. The van der Waals surface area contributed by atoms with Crippen molar-refractivity contribution in [3.63, 3.8) is 0 Å². The molecule has 2 unspecified atom stereocenters. The van der Waals surface area contributed by atoms with E-state index < -0.39 is 17.3 Å². The van der Waals surface area contributed by atoms with Crippen molar-refractivity contribution < 1.29 is 47.9 Å². The Morgan fingerprint density at radius 1 is 0.314 bits per heavy atom. The van der Waals surface area contributed by atoms with Crippen molar-refractivity contribution in [3.05, 3.63) is 215 Å². The molecule has 105 heavy (non-hydrogen) atoms. The Labute approximate surface area is 647 Å². The number of unbranched alkanes of at least 4 members (excludes halogenated alkanes) is 32. The molecule has 0 bridgehead atoms. The molecule has 0 aliphatic heterocycles. The number of ether oxygens (including phenoxy) is 7. The molecule has 10 nitrogen and oxygen atoms in total. The Morgan fingerprint density at radius 3 is 0.867 bits per heavy atom. The molecular formula is C94H141BrO10. The van der Waals surface area contributed by atoms with E-state index in [1.807, 2.05) is 86.6 Å². The van der Waals surface area contributed by atoms with Gasteiger partial charge in [0.2, 0.25) is 0 Å². The van der Waals surface area contributed by atoms with Crippen LogP contribution in [0.4, 0.5) is 0 Å². The third-order valence-electron chi connectivity index (χ3n) is 19.5. The number of benzene rings is 6. The topological polar surface area (TPSA) is 119 Å². The highest BCUT2D eigenvalue weighted by atomic mass is 79.9. The van der Waals surface area contributed by atoms with Crippen LogP contribution in [0.5, 0.6) is 0 Å². The Hall–Kier alpha value is -5.50. The van der Waals surface area contributed by atoms with Gasteiger partial charge in [-0.05, 0) is 85.8 Å². The molecule has 1 N–H and O–H groups in total. The quantitative estimate of drug-likeness (QED) is 0.0171. The highest BCUT2D eigenvalue weighted by Crippen LogP contribution is 2.42. The van der Waals surface area contributed by atoms with Crippen molar-refractivity contribution >= 4 is 27.9 Å². The van der Waals surface area contributed by atoms with E-state index in [1.165, 1.54) is 180 Å². The van der Waals surface area contributed by atoms with E-state index >= 15 is 0 Å². The summed E-state index contributed by atoms with van der Waals surface area (Å²) < 4.78 is 42.3. The fourth-order valence-electron chi connectivity index (χ4n) is 13.6. The van der Waals surface area contributed by atoms with Crippen LogP contribution < -0.4 is 0 Å². The minimum atomic E-state index is -0.820. The second kappa shape index (κ2) is 63.4. The van der Waals surface area contributed by atoms with Crippen LogP contribution in [-0.4, -0.2) is 94.0 Å². The van der Waals surface area contributed by atoms with Crippen LogP contribution in [0.25, 0.3) is 0 Å². The van der Waals surface area contributed by atoms with Gasteiger partial charge in [-0.2, -0.15) is 0 Å². The summed E-state index contributed by atoms with van der Waals surface area (Å²) in [7, 11) is 0. The number of aliphatic hydroxyl groups excluding tert-OH is 1. The molecule has 11 heteroatoms. The molecule has 6 rings (SSSR count). The summed E-state index contributed by atoms with van der Waals surface area (Å²) in [6, 6.07) is 62.4. The lowest BCUT2D eigenvalue weighted by Gasteiger charge is -2.37. The van der Waals surface area contributed by atoms with Gasteiger partial charge in [-0.25, -0.2) is 0 Å². The lowest BCUT2D eigenvalue weighted by Crippen LogP contribution is -2.37. The Balaban J connectivity index is 0.000000391. The summed E-state index contributed by atoms with van der Waals surface area (Å²) in [6.45, 7) is 12.6. The zero-order valence-electron chi connectivity index (χ0n) is 65.9. The number of carbonyl (C=O) groups is 2. The number of hydrogen-bond donors (Lipinski definition) is 1. The second-order valence-corrected chi connectivity index (χ2v) is 29.1. The number of rotatable bonds is 62. The number of aliphatic hydroxyl groups is 1. The van der Waals surface area contributed by atoms with Gasteiger partial charge in [0.15, 0.2) is 0 Å². The molecule has 0 spiro atoms. The largest absolute Gasteiger partial charge is 0.466 e. The molecule has 0 amide bonds. The minimum Gasteiger partial charge on any atom is -0.466 e. The summed E-state index contributed by atoms with van der Waals surface area (Å²) in [6.07, 6.45) is 46.1. The molecule has 584 valence electrons. The standard InChI is InChI=1S/C47H70O5.C38H54O3.C9H17BrO2/c1-3-5-6-7-8-9-10-11-12-13-14-15-17-29-38-49-40-45(51-39-30-18-16-28-37-46(48)50-4-2)41-52-47(42-31-22-19-23-32-42,43-33-24-20-25-34-43)44-35-26-21-27-36-44;1-2-3-4-5-6-7-8-9-10-11-12-13-14-24-31-40-32-37(39)33-41-38(34-25-18-15-19-26-34,35-27-20-16-21-28-35)36-29-22-17-23-30-36;1-2-12-9(11)7-5-3-4-6-8-10/h19-27,31-36,45H,3-18,28-30,37-41H2,1-2H3;15-23,25-30,37,39H,2-14,24,31-33H2,1H3;2-8H2,1H3. The first-order valence-corrected chi connectivity index (χ1v) is 42.8. The second-order valence-electron chi connectivity index (χ2n) is 28.3. The fourth-order valence-corrected chi connectivity index (χ4v) is 14.0. The fraction of sp³-hybridized carbons (Fsp3) is 0.596. The molecular weight excluding hydrogens is 1370 g/mol. The van der Waals surface area contributed by atoms with Crippen molar-refractivity contribution in [1.29, 1.82) is 0 Å². The van der Waals surface area contributed by atoms with Crippen LogP contribution in [-0.2, 0) is 53.9 Å². The first-order valence-electron chi connectivity index (χ1n) is 41.7. The van der Waals surface area contributed by atoms with E-state index in [1.54, 1.807) is 0 Å². The molecule has 0 radical (unpaired) electrons. The normalized spacial score (nSPS) is 12.0. The highest BCUT2D eigenvalue weighted by molar-refractivity contribution is 9.09. The number of alkyl halides is 1. The molecule has 0 aliphatic rings. The van der Waals surface area contributed by atoms with Crippen LogP contribution in [0, 0.1) is 0 Å². The molecule has 0 saturated carbocycles. The van der Waals surface area contributed by atoms with Gasteiger partial charge in [0.25, 0.3) is 0 Å². The monoisotopic (exact) mass is 1510 g/mol. The summed E-state index contributed by atoms with van der Waals surface area (Å²) in [5.41, 5.74) is 4.73. The van der Waals surface area contributed by atoms with Crippen LogP contribution in [0.2, 0.25) is 0 Å². The maximum atomic E-state index is 11.7. The maximum absolute atomic E-state index is 11.7. The van der Waals surface area contributed by atoms with E-state index in [2.05, 4.69) is 139 Å². The smallest absolute Gasteiger partial charge is 0.305 e. The van der Waals surface area contributed by atoms with E-state index in [4.69, 9.17) is 33.2 Å². The average Bonchev–Trinajstić information content (AvgIpc) is 0.767. The predicted molar refractivity (Wildman–Crippen MR) is 442 cm³/mol. The number of esters is 2. The van der Waals surface area contributed by atoms with E-state index in [0.29, 0.717) is 52.5 Å². The number of hydrogen-bond acceptors (Lipinski definition) is 10. The SMILES string of the molecule is CCCCCCCCCCCCCCCCOCC(COC(c1ccccc1)(c1ccccc1)c1ccccc1)OCCCCCCC(=O)OCC.CCCCCCCCCCCCCCCCOCC(O)COC(c1ccccc1)(c1ccccc1)c1ccccc1.CCOC(=O)CCCCCCBr. The third kappa shape index (κ3) is 41.0. The lowest BCUT2D eigenvalue weighted by atomic mass is 9.80. The molecule has 6 aromatic rings. The van der Waals surface area contributed by atoms with Crippen molar-refractivity contribution in [2.75, 3.05) is 64.8 Å². The van der Waals surface area contributed by atoms with Gasteiger partial charge in [-0.3, -0.25) is 9.59 Å². The summed E-state index contributed by atoms with van der Waals surface area (Å²) in [4.78, 5) is 22.5. The van der Waals surface area contributed by atoms with Gasteiger partial charge in [0, 0.05) is 38.0 Å². The van der Waals surface area contributed by atoms with Gasteiger partial charge < -0.3 is 38.3 Å². The lowest BCUT2D eigenvalue weighted by molar-refractivity contribution is -0.144. The van der Waals surface area contributed by atoms with Gasteiger partial charge in [-0.15, -0.1) is 0 Å². The van der Waals surface area contributed by atoms with Crippen LogP contribution >= 0.6 is 15.9 Å². The summed E-state index contributed by atoms with van der Waals surface area (Å²) in [5, 5.41) is 11.9. The van der Waals surface area contributed by atoms with Crippen LogP contribution in [0.1, 0.15) is 305 Å². The Bertz CT molecular complexity index is 2690. The van der Waals surface area contributed by atoms with Crippen molar-refractivity contribution in [1.82, 2.24) is 0 Å². The summed E-state index contributed by atoms with van der Waals surface area (Å²) >= 11 is 3.36. The molecule has 0 heterocycles. The number of halogens is 1. The zero-order chi connectivity index (χ0) is 74.9. The minimum absolute atomic E-state index is 0.0589. The van der Waals surface area contributed by atoms with E-state index in [0.717, 1.165) is 96.7 Å². The molecule has 0 aromatic heterocycles. The van der Waals surface area contributed by atoms with Gasteiger partial charge in [0.05, 0.1) is 39.6 Å². The van der Waals surface area contributed by atoms with Crippen molar-refractivity contribution in [3.8, 4) is 0 Å². The van der Waals surface area contributed by atoms with Crippen molar-refractivity contribution in [2.45, 2.75) is 295 Å². The average molecular weight is 1510 g/mol. The van der Waals surface area contributed by atoms with Gasteiger partial charge in [-0.1, -0.05) is 404 Å². The Morgan fingerprint density at radius 2 is 0.571 bits per heavy atom. The van der Waals surface area contributed by atoms with Crippen LogP contribution in [0.3, 0.4) is 0 Å². The maximum Gasteiger partial charge on any atom is 0.305 e. The van der Waals surface area contributed by atoms with Crippen molar-refractivity contribution in [2.24, 2.45) is 0 Å². The van der Waals surface area contributed by atoms with E-state index in [9.17, 15) is 14.7 Å². The first-order chi connectivity index (χ1) is 51.8. The first kappa shape index (κ1) is 91.9. The predicted octanol–water partition coefficient (Wildman–Crippen LogP) is 25.1. The molecule has 0 saturated heterocycles. The Kier molecular flexibility index (Phi) is 55.5. The number of carbonyl (C=O) groups excluding carboxylic acids is 2. The van der Waals surface area contributed by atoms with Gasteiger partial charge >= 0.3 is 11.9 Å². The molecule has 2 atom stereocenters. The van der Waals surface area contributed by atoms with E-state index in [-0.39, 0.29) is 31.3 Å². The molecule has 6 aromatic carbocycles.